The third kappa shape index (κ3) is 3.09. The molecule has 0 amide bonds. The minimum absolute atomic E-state index is 0. The molecule has 0 fully saturated rings. The average Bonchev–Trinajstić information content (AvgIpc) is 2.78. The van der Waals surface area contributed by atoms with Crippen molar-refractivity contribution in [3.05, 3.63) is 39.8 Å². The van der Waals surface area contributed by atoms with Gasteiger partial charge < -0.3 is 0 Å². The van der Waals surface area contributed by atoms with E-state index < -0.39 is 20.3 Å². The molecule has 0 spiro atoms. The molecular weight excluding hydrogens is 308 g/mol. The fourth-order valence-electron chi connectivity index (χ4n) is 1.80. The Labute approximate surface area is 108 Å². The molecule has 1 aromatic rings. The summed E-state index contributed by atoms with van der Waals surface area (Å²) in [5.74, 6) is 0. The molecule has 0 unspecified atom stereocenters. The summed E-state index contributed by atoms with van der Waals surface area (Å²) >= 11 is -2.12. The van der Waals surface area contributed by atoms with E-state index in [9.17, 15) is 0 Å². The Morgan fingerprint density at radius 1 is 1.27 bits per heavy atom. The molecule has 1 heterocycles. The first-order chi connectivity index (χ1) is 6.21. The van der Waals surface area contributed by atoms with Gasteiger partial charge in [-0.15, -0.1) is 24.8 Å². The van der Waals surface area contributed by atoms with Crippen LogP contribution in [0.15, 0.2) is 39.8 Å². The Kier molecular flexibility index (Phi) is 6.17. The van der Waals surface area contributed by atoms with Crippen molar-refractivity contribution in [2.45, 2.75) is 15.7 Å². The Morgan fingerprint density at radius 2 is 2.00 bits per heavy atom. The number of halogens is 2. The summed E-state index contributed by atoms with van der Waals surface area (Å²) in [5.41, 5.74) is 0. The van der Waals surface area contributed by atoms with Crippen LogP contribution in [0.4, 0.5) is 0 Å². The maximum atomic E-state index is 3.38. The molecule has 0 saturated carbocycles. The van der Waals surface area contributed by atoms with Crippen molar-refractivity contribution in [1.82, 2.24) is 4.98 Å². The van der Waals surface area contributed by atoms with E-state index in [1.54, 1.807) is 3.28 Å². The zero-order valence-electron chi connectivity index (χ0n) is 8.99. The van der Waals surface area contributed by atoms with Crippen LogP contribution in [-0.4, -0.2) is 4.98 Å². The Balaban J connectivity index is 0.000000980. The molecular formula is C11H17Cl2NZr. The van der Waals surface area contributed by atoms with Crippen molar-refractivity contribution in [3.8, 4) is 0 Å². The van der Waals surface area contributed by atoms with Crippen LogP contribution in [0, 0.1) is 0 Å². The zero-order valence-corrected chi connectivity index (χ0v) is 13.1. The van der Waals surface area contributed by atoms with Gasteiger partial charge in [0.05, 0.1) is 0 Å². The molecule has 0 saturated heterocycles. The number of H-pyrrole nitrogens is 1. The van der Waals surface area contributed by atoms with Crippen LogP contribution in [0.1, 0.15) is 6.42 Å². The van der Waals surface area contributed by atoms with Gasteiger partial charge in [-0.25, -0.2) is 0 Å². The second kappa shape index (κ2) is 6.08. The van der Waals surface area contributed by atoms with Crippen molar-refractivity contribution in [1.29, 1.82) is 0 Å². The molecule has 1 aliphatic rings. The van der Waals surface area contributed by atoms with E-state index in [0.717, 1.165) is 0 Å². The average molecular weight is 325 g/mol. The van der Waals surface area contributed by atoms with E-state index in [1.165, 1.54) is 9.82 Å². The number of hydrogen-bond acceptors (Lipinski definition) is 0. The second-order valence-electron chi connectivity index (χ2n) is 4.03. The number of aromatic nitrogens is 1. The summed E-state index contributed by atoms with van der Waals surface area (Å²) in [6.07, 6.45) is 9.99. The van der Waals surface area contributed by atoms with Crippen molar-refractivity contribution in [2.24, 2.45) is 0 Å². The zero-order chi connectivity index (χ0) is 9.31. The predicted molar refractivity (Wildman–Crippen MR) is 68.5 cm³/mol. The van der Waals surface area contributed by atoms with Gasteiger partial charge in [0.25, 0.3) is 0 Å². The van der Waals surface area contributed by atoms with Gasteiger partial charge >= 0.3 is 84.2 Å². The van der Waals surface area contributed by atoms with Crippen LogP contribution >= 0.6 is 24.8 Å². The number of aromatic amines is 1. The van der Waals surface area contributed by atoms with E-state index in [4.69, 9.17) is 0 Å². The molecule has 1 N–H and O–H groups in total. The van der Waals surface area contributed by atoms with Crippen LogP contribution in [0.3, 0.4) is 0 Å². The minimum atomic E-state index is -2.12. The Hall–Kier alpha value is 0.223. The molecule has 0 aliphatic heterocycles. The van der Waals surface area contributed by atoms with E-state index >= 15 is 0 Å². The quantitative estimate of drug-likeness (QED) is 0.855. The van der Waals surface area contributed by atoms with Crippen LogP contribution in [-0.2, 0) is 20.3 Å². The van der Waals surface area contributed by atoms with Gasteiger partial charge in [0.1, 0.15) is 0 Å². The molecule has 0 bridgehead atoms. The summed E-state index contributed by atoms with van der Waals surface area (Å²) in [6, 6.07) is 4.35. The summed E-state index contributed by atoms with van der Waals surface area (Å²) in [7, 11) is 0. The summed E-state index contributed by atoms with van der Waals surface area (Å²) < 4.78 is 8.14. The van der Waals surface area contributed by atoms with Gasteiger partial charge in [0.15, 0.2) is 0 Å². The molecule has 84 valence electrons. The van der Waals surface area contributed by atoms with Gasteiger partial charge in [-0.05, 0) is 0 Å². The first kappa shape index (κ1) is 15.2. The standard InChI is InChI=1S/C5H5.C4H4N.2CH3.2ClH.Zr/c2*1-2-4-5-3-1;;;;;/h1-3H,4H2;1-3,5H;2*1H3;2*1H;. The van der Waals surface area contributed by atoms with Gasteiger partial charge in [-0.3, -0.25) is 0 Å². The number of allylic oxidation sites excluding steroid dienone is 4. The van der Waals surface area contributed by atoms with Crippen LogP contribution in [0.25, 0.3) is 0 Å². The molecule has 1 aliphatic carbocycles. The second-order valence-corrected chi connectivity index (χ2v) is 14.9. The van der Waals surface area contributed by atoms with E-state index in [2.05, 4.69) is 44.6 Å². The van der Waals surface area contributed by atoms with E-state index in [1.807, 2.05) is 6.20 Å². The van der Waals surface area contributed by atoms with Gasteiger partial charge in [-0.2, -0.15) is 0 Å². The molecule has 0 aromatic carbocycles. The van der Waals surface area contributed by atoms with Gasteiger partial charge in [0, 0.05) is 0 Å². The van der Waals surface area contributed by atoms with Crippen molar-refractivity contribution in [3.63, 3.8) is 0 Å². The topological polar surface area (TPSA) is 15.8 Å². The first-order valence-electron chi connectivity index (χ1n) is 4.71. The Morgan fingerprint density at radius 3 is 2.47 bits per heavy atom. The summed E-state index contributed by atoms with van der Waals surface area (Å²) in [5, 5.41) is 0. The summed E-state index contributed by atoms with van der Waals surface area (Å²) in [4.78, 5) is 3.38. The van der Waals surface area contributed by atoms with Gasteiger partial charge in [0.2, 0.25) is 0 Å². The third-order valence-corrected chi connectivity index (χ3v) is 11.8. The van der Waals surface area contributed by atoms with Crippen molar-refractivity contribution < 1.29 is 20.3 Å². The van der Waals surface area contributed by atoms with E-state index in [0.29, 0.717) is 0 Å². The fraction of sp³-hybridized carbons (Fsp3) is 0.273. The number of rotatable bonds is 2. The summed E-state index contributed by atoms with van der Waals surface area (Å²) in [6.45, 7) is 0. The van der Waals surface area contributed by atoms with Crippen LogP contribution in [0.2, 0.25) is 9.26 Å². The SMILES string of the molecule is Cl.Cl.[CH3][Zr]([CH3])([C]1=CC=CC1)[c]1ccc[nH]1. The molecule has 15 heavy (non-hydrogen) atoms. The van der Waals surface area contributed by atoms with Gasteiger partial charge in [-0.1, -0.05) is 0 Å². The molecule has 0 atom stereocenters. The number of hydrogen-bond donors (Lipinski definition) is 1. The molecule has 1 aromatic heterocycles. The molecule has 1 nitrogen and oxygen atoms in total. The van der Waals surface area contributed by atoms with Crippen LogP contribution in [0.5, 0.6) is 0 Å². The predicted octanol–water partition coefficient (Wildman–Crippen LogP) is 3.58. The maximum absolute atomic E-state index is 3.38. The first-order valence-corrected chi connectivity index (χ1v) is 12.1. The van der Waals surface area contributed by atoms with E-state index in [-0.39, 0.29) is 24.8 Å². The third-order valence-electron chi connectivity index (χ3n) is 2.85. The van der Waals surface area contributed by atoms with Crippen LogP contribution < -0.4 is 3.40 Å². The monoisotopic (exact) mass is 323 g/mol. The van der Waals surface area contributed by atoms with Crippen molar-refractivity contribution >= 4 is 28.2 Å². The van der Waals surface area contributed by atoms with Crippen molar-refractivity contribution in [2.75, 3.05) is 0 Å². The fourth-order valence-corrected chi connectivity index (χ4v) is 7.81. The Bertz CT molecular complexity index is 353. The number of nitrogens with one attached hydrogen (secondary N) is 1. The molecule has 0 radical (unpaired) electrons. The molecule has 2 rings (SSSR count). The normalized spacial score (nSPS) is 14.1. The molecule has 4 heteroatoms.